The van der Waals surface area contributed by atoms with Gasteiger partial charge in [0.15, 0.2) is 11.5 Å². The number of halogens is 1. The van der Waals surface area contributed by atoms with Crippen molar-refractivity contribution in [3.8, 4) is 29.1 Å². The number of carbonyl (C=O) groups excluding carboxylic acids is 1. The van der Waals surface area contributed by atoms with Gasteiger partial charge in [-0.05, 0) is 65.2 Å². The van der Waals surface area contributed by atoms with Crippen LogP contribution in [0.1, 0.15) is 47.7 Å². The second kappa shape index (κ2) is 11.2. The van der Waals surface area contributed by atoms with Gasteiger partial charge in [0.1, 0.15) is 23.1 Å². The normalized spacial score (nSPS) is 14.3. The molecule has 0 amide bonds. The highest BCUT2D eigenvalue weighted by atomic mass is 79.9. The molecule has 0 saturated carbocycles. The zero-order valence-electron chi connectivity index (χ0n) is 19.9. The third-order valence-corrected chi connectivity index (χ3v) is 6.25. The van der Waals surface area contributed by atoms with Gasteiger partial charge < -0.3 is 24.7 Å². The molecule has 1 heterocycles. The number of carbonyl (C=O) groups is 1. The number of allylic oxidation sites excluding steroid dienone is 1. The van der Waals surface area contributed by atoms with Gasteiger partial charge in [-0.25, -0.2) is 4.79 Å². The standard InChI is InChI=1S/C28H25BrN2O5/c1-3-13-34-23-12-9-17(14-25(23)33-4-2)26-20-11-10-18(15-24(20)36-27(31)21(26)16-30)35-28(32)19-7-5-6-8-22(19)29/h5-12,14-15,26H,3-4,13,31H2,1-2H3. The van der Waals surface area contributed by atoms with E-state index < -0.39 is 11.9 Å². The lowest BCUT2D eigenvalue weighted by atomic mass is 9.83. The number of nitriles is 1. The fourth-order valence-corrected chi connectivity index (χ4v) is 4.38. The summed E-state index contributed by atoms with van der Waals surface area (Å²) in [5.41, 5.74) is 8.34. The van der Waals surface area contributed by atoms with Crippen LogP contribution in [0.2, 0.25) is 0 Å². The lowest BCUT2D eigenvalue weighted by molar-refractivity contribution is 0.0733. The van der Waals surface area contributed by atoms with Crippen molar-refractivity contribution in [1.29, 1.82) is 5.26 Å². The molecule has 0 bridgehead atoms. The SMILES string of the molecule is CCCOc1ccc(C2C(C#N)=C(N)Oc3cc(OC(=O)c4ccccc4Br)ccc32)cc1OCC. The van der Waals surface area contributed by atoms with E-state index in [4.69, 9.17) is 24.7 Å². The average molecular weight is 549 g/mol. The molecule has 0 aliphatic carbocycles. The van der Waals surface area contributed by atoms with Gasteiger partial charge in [-0.2, -0.15) is 5.26 Å². The van der Waals surface area contributed by atoms with E-state index >= 15 is 0 Å². The molecule has 36 heavy (non-hydrogen) atoms. The maximum Gasteiger partial charge on any atom is 0.344 e. The number of nitrogens with two attached hydrogens (primary N) is 1. The van der Waals surface area contributed by atoms with Crippen molar-refractivity contribution < 1.29 is 23.7 Å². The Labute approximate surface area is 218 Å². The van der Waals surface area contributed by atoms with Crippen LogP contribution in [-0.2, 0) is 0 Å². The summed E-state index contributed by atoms with van der Waals surface area (Å²) < 4.78 is 23.6. The second-order valence-electron chi connectivity index (χ2n) is 7.98. The maximum atomic E-state index is 12.7. The molecule has 1 atom stereocenters. The summed E-state index contributed by atoms with van der Waals surface area (Å²) in [6.45, 7) is 4.96. The smallest absolute Gasteiger partial charge is 0.344 e. The first-order chi connectivity index (χ1) is 17.5. The molecular weight excluding hydrogens is 524 g/mol. The van der Waals surface area contributed by atoms with Crippen molar-refractivity contribution in [2.24, 2.45) is 5.73 Å². The minimum absolute atomic E-state index is 0.00597. The number of ether oxygens (including phenoxy) is 4. The Bertz CT molecular complexity index is 1360. The predicted molar refractivity (Wildman–Crippen MR) is 138 cm³/mol. The Kier molecular flexibility index (Phi) is 7.81. The van der Waals surface area contributed by atoms with Crippen molar-refractivity contribution in [3.05, 3.63) is 93.3 Å². The average Bonchev–Trinajstić information content (AvgIpc) is 2.87. The van der Waals surface area contributed by atoms with Crippen LogP contribution in [0, 0.1) is 11.3 Å². The molecule has 0 fully saturated rings. The molecule has 1 unspecified atom stereocenters. The molecular formula is C28H25BrN2O5. The van der Waals surface area contributed by atoms with Gasteiger partial charge in [0.25, 0.3) is 0 Å². The van der Waals surface area contributed by atoms with E-state index in [1.54, 1.807) is 36.4 Å². The van der Waals surface area contributed by atoms with Crippen LogP contribution in [0.4, 0.5) is 0 Å². The van der Waals surface area contributed by atoms with Crippen LogP contribution in [0.3, 0.4) is 0 Å². The largest absolute Gasteiger partial charge is 0.490 e. The topological polar surface area (TPSA) is 104 Å². The third kappa shape index (κ3) is 5.16. The van der Waals surface area contributed by atoms with Crippen LogP contribution in [-0.4, -0.2) is 19.2 Å². The van der Waals surface area contributed by atoms with Crippen LogP contribution in [0.5, 0.6) is 23.0 Å². The van der Waals surface area contributed by atoms with E-state index in [2.05, 4.69) is 22.0 Å². The first kappa shape index (κ1) is 25.1. The van der Waals surface area contributed by atoms with Gasteiger partial charge in [0.05, 0.1) is 24.7 Å². The highest BCUT2D eigenvalue weighted by molar-refractivity contribution is 9.10. The molecule has 0 aromatic heterocycles. The van der Waals surface area contributed by atoms with E-state index in [0.29, 0.717) is 51.8 Å². The molecule has 0 radical (unpaired) electrons. The Morgan fingerprint density at radius 3 is 2.61 bits per heavy atom. The van der Waals surface area contributed by atoms with E-state index in [1.165, 1.54) is 0 Å². The Morgan fingerprint density at radius 2 is 1.89 bits per heavy atom. The summed E-state index contributed by atoms with van der Waals surface area (Å²) in [4.78, 5) is 12.7. The summed E-state index contributed by atoms with van der Waals surface area (Å²) >= 11 is 3.36. The molecule has 4 rings (SSSR count). The van der Waals surface area contributed by atoms with Crippen molar-refractivity contribution >= 4 is 21.9 Å². The molecule has 1 aliphatic rings. The molecule has 3 aromatic carbocycles. The van der Waals surface area contributed by atoms with Crippen LogP contribution in [0.15, 0.2) is 76.6 Å². The van der Waals surface area contributed by atoms with Crippen molar-refractivity contribution in [3.63, 3.8) is 0 Å². The lowest BCUT2D eigenvalue weighted by Crippen LogP contribution is -2.21. The Hall–Kier alpha value is -3.96. The summed E-state index contributed by atoms with van der Waals surface area (Å²) in [5.74, 6) is 0.906. The molecule has 0 saturated heterocycles. The molecule has 0 spiro atoms. The van der Waals surface area contributed by atoms with E-state index in [9.17, 15) is 10.1 Å². The number of esters is 1. The number of nitrogens with zero attached hydrogens (tertiary/aromatic N) is 1. The first-order valence-electron chi connectivity index (χ1n) is 11.5. The minimum Gasteiger partial charge on any atom is -0.490 e. The maximum absolute atomic E-state index is 12.7. The van der Waals surface area contributed by atoms with Gasteiger partial charge in [-0.1, -0.05) is 31.2 Å². The highest BCUT2D eigenvalue weighted by Gasteiger charge is 2.32. The van der Waals surface area contributed by atoms with E-state index in [-0.39, 0.29) is 11.5 Å². The van der Waals surface area contributed by atoms with E-state index in [1.807, 2.05) is 38.1 Å². The van der Waals surface area contributed by atoms with E-state index in [0.717, 1.165) is 12.0 Å². The number of fused-ring (bicyclic) bond motifs is 1. The predicted octanol–water partition coefficient (Wildman–Crippen LogP) is 6.07. The first-order valence-corrected chi connectivity index (χ1v) is 12.3. The van der Waals surface area contributed by atoms with Gasteiger partial charge in [-0.3, -0.25) is 0 Å². The van der Waals surface area contributed by atoms with Crippen molar-refractivity contribution in [1.82, 2.24) is 0 Å². The van der Waals surface area contributed by atoms with Crippen molar-refractivity contribution in [2.75, 3.05) is 13.2 Å². The van der Waals surface area contributed by atoms with Crippen LogP contribution in [0.25, 0.3) is 0 Å². The van der Waals surface area contributed by atoms with Crippen molar-refractivity contribution in [2.45, 2.75) is 26.2 Å². The van der Waals surface area contributed by atoms with Gasteiger partial charge in [0.2, 0.25) is 5.88 Å². The fourth-order valence-electron chi connectivity index (χ4n) is 3.93. The molecule has 1 aliphatic heterocycles. The summed E-state index contributed by atoms with van der Waals surface area (Å²) in [5, 5.41) is 9.89. The lowest BCUT2D eigenvalue weighted by Gasteiger charge is -2.27. The van der Waals surface area contributed by atoms with Gasteiger partial charge in [0, 0.05) is 16.1 Å². The fraction of sp³-hybridized carbons (Fsp3) is 0.214. The van der Waals surface area contributed by atoms with Gasteiger partial charge >= 0.3 is 5.97 Å². The third-order valence-electron chi connectivity index (χ3n) is 5.56. The number of benzene rings is 3. The monoisotopic (exact) mass is 548 g/mol. The number of hydrogen-bond acceptors (Lipinski definition) is 7. The molecule has 8 heteroatoms. The molecule has 7 nitrogen and oxygen atoms in total. The summed E-state index contributed by atoms with van der Waals surface area (Å²) in [6.07, 6.45) is 0.868. The summed E-state index contributed by atoms with van der Waals surface area (Å²) in [7, 11) is 0. The number of hydrogen-bond donors (Lipinski definition) is 1. The molecule has 184 valence electrons. The summed E-state index contributed by atoms with van der Waals surface area (Å²) in [6, 6.07) is 19.8. The molecule has 3 aromatic rings. The number of rotatable bonds is 8. The Morgan fingerprint density at radius 1 is 1.08 bits per heavy atom. The zero-order chi connectivity index (χ0) is 25.7. The molecule has 2 N–H and O–H groups in total. The van der Waals surface area contributed by atoms with Gasteiger partial charge in [-0.15, -0.1) is 0 Å². The Balaban J connectivity index is 1.70. The quantitative estimate of drug-likeness (QED) is 0.269. The van der Waals surface area contributed by atoms with Crippen LogP contribution >= 0.6 is 15.9 Å². The van der Waals surface area contributed by atoms with Crippen LogP contribution < -0.4 is 24.7 Å². The zero-order valence-corrected chi connectivity index (χ0v) is 21.5. The minimum atomic E-state index is -0.514. The highest BCUT2D eigenvalue weighted by Crippen LogP contribution is 2.45. The second-order valence-corrected chi connectivity index (χ2v) is 8.84.